The first-order chi connectivity index (χ1) is 24.6. The molecule has 0 spiro atoms. The first kappa shape index (κ1) is 35.3. The largest absolute Gasteiger partial charge is 0.496 e. The molecule has 1 aliphatic heterocycles. The van der Waals surface area contributed by atoms with Crippen LogP contribution in [0.2, 0.25) is 10.0 Å². The molecule has 266 valence electrons. The fourth-order valence-corrected chi connectivity index (χ4v) is 7.81. The number of alkyl halides is 2. The average Bonchev–Trinajstić information content (AvgIpc) is 3.69. The summed E-state index contributed by atoms with van der Waals surface area (Å²) in [5.74, 6) is -1.74. The van der Waals surface area contributed by atoms with Crippen molar-refractivity contribution < 1.29 is 18.3 Å². The molecule has 0 unspecified atom stereocenters. The third kappa shape index (κ3) is 7.60. The van der Waals surface area contributed by atoms with E-state index in [9.17, 15) is 13.6 Å². The highest BCUT2D eigenvalue weighted by Crippen LogP contribution is 2.42. The van der Waals surface area contributed by atoms with Gasteiger partial charge in [-0.15, -0.1) is 0 Å². The number of benzene rings is 2. The van der Waals surface area contributed by atoms with Crippen molar-refractivity contribution in [2.45, 2.75) is 69.6 Å². The molecule has 2 aliphatic rings. The number of rotatable bonds is 11. The molecular weight excluding hydrogens is 693 g/mol. The van der Waals surface area contributed by atoms with Crippen LogP contribution in [-0.4, -0.2) is 52.1 Å². The van der Waals surface area contributed by atoms with Crippen LogP contribution >= 0.6 is 23.2 Å². The van der Waals surface area contributed by atoms with Gasteiger partial charge in [0.15, 0.2) is 0 Å². The number of ether oxygens (including phenoxy) is 1. The Hall–Kier alpha value is -4.09. The number of aryl methyl sites for hydroxylation is 1. The molecule has 2 aromatic carbocycles. The molecule has 5 aromatic rings. The molecule has 3 aromatic heterocycles. The Labute approximate surface area is 305 Å². The highest BCUT2D eigenvalue weighted by Gasteiger charge is 2.34. The smallest absolute Gasteiger partial charge is 0.248 e. The molecule has 3 N–H and O–H groups in total. The molecule has 12 heteroatoms. The Bertz CT molecular complexity index is 2080. The quantitative estimate of drug-likeness (QED) is 0.127. The fourth-order valence-electron chi connectivity index (χ4n) is 7.16. The second-order valence-electron chi connectivity index (χ2n) is 13.5. The van der Waals surface area contributed by atoms with Crippen molar-refractivity contribution in [1.82, 2.24) is 30.5 Å². The lowest BCUT2D eigenvalue weighted by atomic mass is 9.92. The lowest BCUT2D eigenvalue weighted by molar-refractivity contribution is -0.119. The summed E-state index contributed by atoms with van der Waals surface area (Å²) in [4.78, 5) is 21.2. The molecule has 8 nitrogen and oxygen atoms in total. The van der Waals surface area contributed by atoms with Crippen LogP contribution in [0.5, 0.6) is 5.75 Å². The van der Waals surface area contributed by atoms with Crippen molar-refractivity contribution in [2.24, 2.45) is 7.05 Å². The summed E-state index contributed by atoms with van der Waals surface area (Å²) in [5, 5.41) is 11.9. The Balaban J connectivity index is 1.11. The van der Waals surface area contributed by atoms with Crippen molar-refractivity contribution in [2.75, 3.05) is 13.7 Å². The van der Waals surface area contributed by atoms with Gasteiger partial charge in [-0.3, -0.25) is 9.78 Å². The van der Waals surface area contributed by atoms with Gasteiger partial charge in [-0.05, 0) is 49.1 Å². The summed E-state index contributed by atoms with van der Waals surface area (Å²) in [5.41, 5.74) is 7.26. The number of carbonyl (C=O) groups excluding carboxylic acids is 1. The van der Waals surface area contributed by atoms with E-state index in [-0.39, 0.29) is 30.8 Å². The van der Waals surface area contributed by atoms with E-state index in [0.29, 0.717) is 60.4 Å². The zero-order chi connectivity index (χ0) is 35.7. The molecule has 2 fully saturated rings. The van der Waals surface area contributed by atoms with E-state index in [1.807, 2.05) is 72.4 Å². The number of nitrogens with one attached hydrogen (secondary N) is 3. The molecule has 0 bridgehead atoms. The number of pyridine rings is 2. The van der Waals surface area contributed by atoms with Crippen molar-refractivity contribution in [1.29, 1.82) is 0 Å². The van der Waals surface area contributed by atoms with Crippen LogP contribution in [0, 0.1) is 0 Å². The third-order valence-electron chi connectivity index (χ3n) is 10.0. The first-order valence-corrected chi connectivity index (χ1v) is 18.0. The minimum Gasteiger partial charge on any atom is -0.496 e. The van der Waals surface area contributed by atoms with Crippen LogP contribution < -0.4 is 20.7 Å². The Morgan fingerprint density at radius 1 is 0.980 bits per heavy atom. The Morgan fingerprint density at radius 2 is 1.76 bits per heavy atom. The first-order valence-electron chi connectivity index (χ1n) is 17.3. The number of hydrogen-bond acceptors (Lipinski definition) is 6. The number of fused-ring (bicyclic) bond motifs is 1. The third-order valence-corrected chi connectivity index (χ3v) is 10.8. The van der Waals surface area contributed by atoms with Gasteiger partial charge < -0.3 is 25.3 Å². The van der Waals surface area contributed by atoms with Gasteiger partial charge in [0.05, 0.1) is 28.5 Å². The summed E-state index contributed by atoms with van der Waals surface area (Å²) in [6, 6.07) is 17.8. The van der Waals surface area contributed by atoms with E-state index in [1.54, 1.807) is 13.3 Å². The molecule has 1 saturated carbocycles. The normalized spacial score (nSPS) is 17.6. The number of carbonyl (C=O) groups is 1. The summed E-state index contributed by atoms with van der Waals surface area (Å²) in [7, 11) is 3.59. The van der Waals surface area contributed by atoms with E-state index in [2.05, 4.69) is 20.9 Å². The minimum atomic E-state index is -2.54. The number of methoxy groups -OCH3 is 1. The molecule has 4 heterocycles. The molecule has 1 atom stereocenters. The molecule has 1 saturated heterocycles. The maximum Gasteiger partial charge on any atom is 0.248 e. The van der Waals surface area contributed by atoms with Gasteiger partial charge in [-0.1, -0.05) is 53.5 Å². The van der Waals surface area contributed by atoms with E-state index >= 15 is 0 Å². The molecule has 1 aliphatic carbocycles. The lowest BCUT2D eigenvalue weighted by Crippen LogP contribution is -2.36. The van der Waals surface area contributed by atoms with Gasteiger partial charge in [0, 0.05) is 104 Å². The Morgan fingerprint density at radius 3 is 2.53 bits per heavy atom. The zero-order valence-electron chi connectivity index (χ0n) is 28.5. The van der Waals surface area contributed by atoms with Crippen LogP contribution in [-0.2, 0) is 24.9 Å². The van der Waals surface area contributed by atoms with Crippen molar-refractivity contribution in [3.8, 4) is 39.4 Å². The molecule has 51 heavy (non-hydrogen) atoms. The molecule has 1 amide bonds. The van der Waals surface area contributed by atoms with Gasteiger partial charge in [-0.2, -0.15) is 0 Å². The summed E-state index contributed by atoms with van der Waals surface area (Å²) < 4.78 is 35.0. The predicted molar refractivity (Wildman–Crippen MR) is 198 cm³/mol. The average molecular weight is 734 g/mol. The summed E-state index contributed by atoms with van der Waals surface area (Å²) in [6.07, 6.45) is 5.98. The van der Waals surface area contributed by atoms with Crippen LogP contribution in [0.25, 0.3) is 44.7 Å². The van der Waals surface area contributed by atoms with E-state index in [1.165, 1.54) is 0 Å². The van der Waals surface area contributed by atoms with Crippen molar-refractivity contribution >= 4 is 40.1 Å². The maximum absolute atomic E-state index is 13.6. The second-order valence-corrected chi connectivity index (χ2v) is 14.2. The van der Waals surface area contributed by atoms with Crippen LogP contribution in [0.4, 0.5) is 8.78 Å². The van der Waals surface area contributed by atoms with Gasteiger partial charge in [0.2, 0.25) is 11.8 Å². The number of halogens is 4. The molecule has 7 rings (SSSR count). The van der Waals surface area contributed by atoms with Crippen LogP contribution in [0.3, 0.4) is 0 Å². The molecular formula is C39H40Cl2F2N6O2. The van der Waals surface area contributed by atoms with E-state index in [0.717, 1.165) is 56.5 Å². The lowest BCUT2D eigenvalue weighted by Gasteiger charge is -2.28. The monoisotopic (exact) mass is 732 g/mol. The Kier molecular flexibility index (Phi) is 10.3. The van der Waals surface area contributed by atoms with Gasteiger partial charge in [0.25, 0.3) is 0 Å². The zero-order valence-corrected chi connectivity index (χ0v) is 30.1. The van der Waals surface area contributed by atoms with Crippen LogP contribution in [0.1, 0.15) is 49.7 Å². The standard InChI is InChI=1S/C39H40Cl2F2N6O2/c1-49-22-25(20-46-26-12-15-39(42,43)16-13-26)28-9-10-32(48-38(28)49)31-5-3-4-29(35(31)40)30-14-17-45-37(36(30)41)23-6-7-24(33(18-23)51-2)19-44-21-27-8-11-34(50)47-27/h3-7,9-10,14,17-18,22,26-27,44,46H,8,11-13,15-16,19-21H2,1-2H3,(H,47,50)/t27-/m0/s1. The summed E-state index contributed by atoms with van der Waals surface area (Å²) in [6.45, 7) is 1.86. The van der Waals surface area contributed by atoms with Crippen molar-refractivity contribution in [3.05, 3.63) is 88.2 Å². The highest BCUT2D eigenvalue weighted by atomic mass is 35.5. The van der Waals surface area contributed by atoms with Gasteiger partial charge in [0.1, 0.15) is 11.4 Å². The van der Waals surface area contributed by atoms with E-state index in [4.69, 9.17) is 32.9 Å². The summed E-state index contributed by atoms with van der Waals surface area (Å²) >= 11 is 14.2. The van der Waals surface area contributed by atoms with Gasteiger partial charge in [-0.25, -0.2) is 13.8 Å². The molecule has 0 radical (unpaired) electrons. The maximum atomic E-state index is 13.6. The van der Waals surface area contributed by atoms with E-state index < -0.39 is 5.92 Å². The SMILES string of the molecule is COc1cc(-c2nccc(-c3cccc(-c4ccc5c(CNC6CCC(F)(F)CC6)cn(C)c5n4)c3Cl)c2Cl)ccc1CNC[C@@H]1CCC(=O)N1. The number of amides is 1. The topological polar surface area (TPSA) is 93.1 Å². The number of hydrogen-bond donors (Lipinski definition) is 3. The minimum absolute atomic E-state index is 0.0679. The number of aromatic nitrogens is 3. The predicted octanol–water partition coefficient (Wildman–Crippen LogP) is 8.32. The highest BCUT2D eigenvalue weighted by molar-refractivity contribution is 6.39. The second kappa shape index (κ2) is 14.9. The van der Waals surface area contributed by atoms with Gasteiger partial charge >= 0.3 is 0 Å². The van der Waals surface area contributed by atoms with Crippen molar-refractivity contribution in [3.63, 3.8) is 0 Å². The fraction of sp³-hybridized carbons (Fsp3) is 0.359. The van der Waals surface area contributed by atoms with Crippen LogP contribution in [0.15, 0.2) is 67.0 Å². The number of nitrogens with zero attached hydrogens (tertiary/aromatic N) is 3.